The third-order valence-electron chi connectivity index (χ3n) is 2.91. The molecule has 1 aromatic carbocycles. The van der Waals surface area contributed by atoms with E-state index >= 15 is 0 Å². The van der Waals surface area contributed by atoms with Gasteiger partial charge in [-0.15, -0.1) is 11.8 Å². The zero-order valence-electron chi connectivity index (χ0n) is 9.36. The van der Waals surface area contributed by atoms with E-state index in [2.05, 4.69) is 0 Å². The van der Waals surface area contributed by atoms with Crippen molar-refractivity contribution in [2.45, 2.75) is 28.2 Å². The SMILES string of the molecule is CSc1c(C2(N)CC2)cccc1S(C)(=O)=O. The van der Waals surface area contributed by atoms with Crippen LogP contribution in [0.4, 0.5) is 0 Å². The predicted molar refractivity (Wildman–Crippen MR) is 66.4 cm³/mol. The van der Waals surface area contributed by atoms with Crippen LogP contribution in [0.15, 0.2) is 28.0 Å². The number of hydrogen-bond acceptors (Lipinski definition) is 4. The zero-order valence-corrected chi connectivity index (χ0v) is 11.0. The van der Waals surface area contributed by atoms with Crippen LogP contribution in [0.1, 0.15) is 18.4 Å². The third-order valence-corrected chi connectivity index (χ3v) is 5.02. The van der Waals surface area contributed by atoms with E-state index in [9.17, 15) is 8.42 Å². The van der Waals surface area contributed by atoms with E-state index in [1.807, 2.05) is 12.3 Å². The number of sulfone groups is 1. The van der Waals surface area contributed by atoms with Gasteiger partial charge in [-0.1, -0.05) is 12.1 Å². The van der Waals surface area contributed by atoms with Crippen molar-refractivity contribution < 1.29 is 8.42 Å². The van der Waals surface area contributed by atoms with Crippen LogP contribution < -0.4 is 5.73 Å². The first kappa shape index (κ1) is 12.0. The maximum atomic E-state index is 11.7. The largest absolute Gasteiger partial charge is 0.321 e. The molecule has 3 nitrogen and oxygen atoms in total. The van der Waals surface area contributed by atoms with Gasteiger partial charge >= 0.3 is 0 Å². The van der Waals surface area contributed by atoms with Crippen molar-refractivity contribution >= 4 is 21.6 Å². The van der Waals surface area contributed by atoms with Crippen LogP contribution in [0.2, 0.25) is 0 Å². The number of hydrogen-bond donors (Lipinski definition) is 1. The maximum Gasteiger partial charge on any atom is 0.176 e. The van der Waals surface area contributed by atoms with Gasteiger partial charge in [-0.3, -0.25) is 0 Å². The van der Waals surface area contributed by atoms with Gasteiger partial charge < -0.3 is 5.73 Å². The van der Waals surface area contributed by atoms with Gasteiger partial charge in [0, 0.05) is 16.7 Å². The van der Waals surface area contributed by atoms with Crippen LogP contribution in [0.3, 0.4) is 0 Å². The van der Waals surface area contributed by atoms with Crippen LogP contribution in [-0.2, 0) is 15.4 Å². The normalized spacial score (nSPS) is 18.4. The molecule has 1 aliphatic carbocycles. The average Bonchev–Trinajstić information content (AvgIpc) is 2.95. The van der Waals surface area contributed by atoms with Crippen molar-refractivity contribution in [3.8, 4) is 0 Å². The molecule has 0 radical (unpaired) electrons. The van der Waals surface area contributed by atoms with Gasteiger partial charge in [0.05, 0.1) is 4.90 Å². The molecular weight excluding hydrogens is 242 g/mol. The first-order valence-corrected chi connectivity index (χ1v) is 8.16. The van der Waals surface area contributed by atoms with Gasteiger partial charge in [0.15, 0.2) is 9.84 Å². The second-order valence-corrected chi connectivity index (χ2v) is 7.07. The minimum atomic E-state index is -3.18. The summed E-state index contributed by atoms with van der Waals surface area (Å²) in [6.45, 7) is 0. The van der Waals surface area contributed by atoms with E-state index in [4.69, 9.17) is 5.73 Å². The van der Waals surface area contributed by atoms with Crippen LogP contribution in [-0.4, -0.2) is 20.9 Å². The summed E-state index contributed by atoms with van der Waals surface area (Å²) in [5, 5.41) is 0. The molecule has 0 spiro atoms. The molecule has 0 unspecified atom stereocenters. The van der Waals surface area contributed by atoms with Gasteiger partial charge in [-0.05, 0) is 30.7 Å². The lowest BCUT2D eigenvalue weighted by atomic mass is 10.1. The number of thioether (sulfide) groups is 1. The monoisotopic (exact) mass is 257 g/mol. The molecule has 88 valence electrons. The van der Waals surface area contributed by atoms with Crippen molar-refractivity contribution in [3.63, 3.8) is 0 Å². The molecule has 0 bridgehead atoms. The summed E-state index contributed by atoms with van der Waals surface area (Å²) < 4.78 is 23.3. The van der Waals surface area contributed by atoms with E-state index in [1.54, 1.807) is 12.1 Å². The Hall–Kier alpha value is -0.520. The van der Waals surface area contributed by atoms with Gasteiger partial charge in [-0.25, -0.2) is 8.42 Å². The van der Waals surface area contributed by atoms with Crippen LogP contribution in [0.5, 0.6) is 0 Å². The lowest BCUT2D eigenvalue weighted by Gasteiger charge is -2.16. The summed E-state index contributed by atoms with van der Waals surface area (Å²) in [7, 11) is -3.18. The molecule has 2 rings (SSSR count). The first-order valence-electron chi connectivity index (χ1n) is 5.05. The highest BCUT2D eigenvalue weighted by Gasteiger charge is 2.42. The minimum absolute atomic E-state index is 0.293. The summed E-state index contributed by atoms with van der Waals surface area (Å²) in [6.07, 6.45) is 5.00. The summed E-state index contributed by atoms with van der Waals surface area (Å²) >= 11 is 1.46. The van der Waals surface area contributed by atoms with Gasteiger partial charge in [0.25, 0.3) is 0 Å². The molecule has 16 heavy (non-hydrogen) atoms. The Kier molecular flexibility index (Phi) is 2.80. The Bertz CT molecular complexity index is 519. The predicted octanol–water partition coefficient (Wildman–Crippen LogP) is 1.76. The molecule has 5 heteroatoms. The van der Waals surface area contributed by atoms with E-state index < -0.39 is 9.84 Å². The van der Waals surface area contributed by atoms with E-state index in [0.29, 0.717) is 4.90 Å². The molecule has 0 aromatic heterocycles. The molecule has 2 N–H and O–H groups in total. The average molecular weight is 257 g/mol. The smallest absolute Gasteiger partial charge is 0.176 e. The van der Waals surface area contributed by atoms with Crippen molar-refractivity contribution in [3.05, 3.63) is 23.8 Å². The zero-order chi connectivity index (χ0) is 12.0. The highest BCUT2D eigenvalue weighted by molar-refractivity contribution is 7.99. The highest BCUT2D eigenvalue weighted by atomic mass is 32.2. The number of benzene rings is 1. The molecule has 1 fully saturated rings. The summed E-state index contributed by atoms with van der Waals surface area (Å²) in [4.78, 5) is 1.21. The Morgan fingerprint density at radius 3 is 2.44 bits per heavy atom. The van der Waals surface area contributed by atoms with Crippen molar-refractivity contribution in [1.82, 2.24) is 0 Å². The Labute approximate surface area is 100 Å². The Balaban J connectivity index is 2.65. The second kappa shape index (κ2) is 3.75. The van der Waals surface area contributed by atoms with Crippen molar-refractivity contribution in [2.75, 3.05) is 12.5 Å². The van der Waals surface area contributed by atoms with Crippen molar-refractivity contribution in [2.24, 2.45) is 5.73 Å². The fraction of sp³-hybridized carbons (Fsp3) is 0.455. The molecule has 0 atom stereocenters. The molecular formula is C11H15NO2S2. The highest BCUT2D eigenvalue weighted by Crippen LogP contribution is 2.47. The van der Waals surface area contributed by atoms with Gasteiger partial charge in [-0.2, -0.15) is 0 Å². The summed E-state index contributed by atoms with van der Waals surface area (Å²) in [5.41, 5.74) is 6.83. The van der Waals surface area contributed by atoms with Gasteiger partial charge in [0.1, 0.15) is 0 Å². The van der Waals surface area contributed by atoms with E-state index in [1.165, 1.54) is 18.0 Å². The quantitative estimate of drug-likeness (QED) is 0.838. The van der Waals surface area contributed by atoms with Crippen LogP contribution in [0.25, 0.3) is 0 Å². The number of nitrogens with two attached hydrogens (primary N) is 1. The molecule has 1 saturated carbocycles. The minimum Gasteiger partial charge on any atom is -0.321 e. The lowest BCUT2D eigenvalue weighted by Crippen LogP contribution is -2.20. The van der Waals surface area contributed by atoms with Gasteiger partial charge in [0.2, 0.25) is 0 Å². The second-order valence-electron chi connectivity index (χ2n) is 4.27. The van der Waals surface area contributed by atoms with E-state index in [0.717, 1.165) is 23.3 Å². The fourth-order valence-corrected chi connectivity index (χ4v) is 4.05. The molecule has 1 aliphatic rings. The topological polar surface area (TPSA) is 60.2 Å². The van der Waals surface area contributed by atoms with Crippen LogP contribution >= 0.6 is 11.8 Å². The number of rotatable bonds is 3. The Morgan fingerprint density at radius 2 is 2.00 bits per heavy atom. The lowest BCUT2D eigenvalue weighted by molar-refractivity contribution is 0.598. The molecule has 0 aliphatic heterocycles. The van der Waals surface area contributed by atoms with Crippen molar-refractivity contribution in [1.29, 1.82) is 0 Å². The van der Waals surface area contributed by atoms with E-state index in [-0.39, 0.29) is 5.54 Å². The molecule has 0 saturated heterocycles. The standard InChI is InChI=1S/C11H15NO2S2/c1-15-10-8(11(12)6-7-11)4-3-5-9(10)16(2,13)14/h3-5H,6-7,12H2,1-2H3. The van der Waals surface area contributed by atoms with Crippen LogP contribution in [0, 0.1) is 0 Å². The third kappa shape index (κ3) is 1.99. The molecule has 0 amide bonds. The first-order chi connectivity index (χ1) is 7.38. The molecule has 1 aromatic rings. The Morgan fingerprint density at radius 1 is 1.38 bits per heavy atom. The molecule has 0 heterocycles. The summed E-state index contributed by atoms with van der Waals surface area (Å²) in [6, 6.07) is 5.36. The fourth-order valence-electron chi connectivity index (χ4n) is 1.81. The maximum absolute atomic E-state index is 11.7. The summed E-state index contributed by atoms with van der Waals surface area (Å²) in [5.74, 6) is 0.